The number of carbonyl (C=O) groups is 1. The number of rotatable bonds is 3. The Balaban J connectivity index is 1.83. The summed E-state index contributed by atoms with van der Waals surface area (Å²) in [6.07, 6.45) is 4.77. The van der Waals surface area contributed by atoms with Crippen LogP contribution in [0.15, 0.2) is 5.38 Å². The van der Waals surface area contributed by atoms with E-state index in [1.165, 1.54) is 5.69 Å². The van der Waals surface area contributed by atoms with Crippen LogP contribution in [0.4, 0.5) is 0 Å². The molecule has 3 nitrogen and oxygen atoms in total. The first-order valence-electron chi connectivity index (χ1n) is 5.79. The topological polar surface area (TPSA) is 50.2 Å². The fourth-order valence-corrected chi connectivity index (χ4v) is 3.04. The molecule has 0 spiro atoms. The monoisotopic (exact) mass is 239 g/mol. The Labute approximate surface area is 99.5 Å². The van der Waals surface area contributed by atoms with Crippen molar-refractivity contribution in [3.63, 3.8) is 0 Å². The lowest BCUT2D eigenvalue weighted by molar-refractivity contribution is -0.143. The fourth-order valence-electron chi connectivity index (χ4n) is 2.41. The smallest absolute Gasteiger partial charge is 0.306 e. The summed E-state index contributed by atoms with van der Waals surface area (Å²) in [4.78, 5) is 15.3. The summed E-state index contributed by atoms with van der Waals surface area (Å²) in [6.45, 7) is 2.02. The molecule has 1 aliphatic carbocycles. The minimum absolute atomic E-state index is 0.103. The van der Waals surface area contributed by atoms with Crippen LogP contribution in [0.5, 0.6) is 0 Å². The van der Waals surface area contributed by atoms with Crippen LogP contribution in [0.1, 0.15) is 36.4 Å². The normalized spacial score (nSPS) is 25.6. The van der Waals surface area contributed by atoms with Crippen LogP contribution in [0.25, 0.3) is 0 Å². The Hall–Kier alpha value is -0.900. The summed E-state index contributed by atoms with van der Waals surface area (Å²) in [5.74, 6) is -0.0894. The van der Waals surface area contributed by atoms with E-state index in [1.54, 1.807) is 11.3 Å². The molecular weight excluding hydrogens is 222 g/mol. The van der Waals surface area contributed by atoms with E-state index in [-0.39, 0.29) is 5.92 Å². The van der Waals surface area contributed by atoms with Gasteiger partial charge in [-0.05, 0) is 44.9 Å². The van der Waals surface area contributed by atoms with E-state index in [2.05, 4.69) is 10.4 Å². The van der Waals surface area contributed by atoms with Crippen molar-refractivity contribution in [2.24, 2.45) is 11.8 Å². The van der Waals surface area contributed by atoms with E-state index in [0.717, 1.165) is 37.1 Å². The van der Waals surface area contributed by atoms with Crippen molar-refractivity contribution in [3.05, 3.63) is 16.1 Å². The number of hydrogen-bond acceptors (Lipinski definition) is 3. The fraction of sp³-hybridized carbons (Fsp3) is 0.667. The van der Waals surface area contributed by atoms with Gasteiger partial charge in [0.15, 0.2) is 0 Å². The SMILES string of the molecule is Cc1nc(CC2CCC(C(=O)O)CC2)cs1. The Morgan fingerprint density at radius 1 is 1.50 bits per heavy atom. The van der Waals surface area contributed by atoms with Crippen molar-refractivity contribution in [2.45, 2.75) is 39.0 Å². The highest BCUT2D eigenvalue weighted by molar-refractivity contribution is 7.09. The summed E-state index contributed by atoms with van der Waals surface area (Å²) in [5.41, 5.74) is 1.18. The maximum absolute atomic E-state index is 10.8. The molecule has 1 heterocycles. The van der Waals surface area contributed by atoms with Gasteiger partial charge < -0.3 is 5.11 Å². The van der Waals surface area contributed by atoms with Crippen LogP contribution >= 0.6 is 11.3 Å². The first kappa shape index (κ1) is 11.6. The quantitative estimate of drug-likeness (QED) is 0.882. The minimum atomic E-state index is -0.622. The number of thiazole rings is 1. The summed E-state index contributed by atoms with van der Waals surface area (Å²) in [5, 5.41) is 12.2. The summed E-state index contributed by atoms with van der Waals surface area (Å²) < 4.78 is 0. The molecule has 0 atom stereocenters. The number of hydrogen-bond donors (Lipinski definition) is 1. The van der Waals surface area contributed by atoms with E-state index in [9.17, 15) is 4.79 Å². The van der Waals surface area contributed by atoms with Gasteiger partial charge in [0.25, 0.3) is 0 Å². The zero-order valence-electron chi connectivity index (χ0n) is 9.48. The second-order valence-electron chi connectivity index (χ2n) is 4.62. The summed E-state index contributed by atoms with van der Waals surface area (Å²) in [6, 6.07) is 0. The maximum atomic E-state index is 10.8. The predicted molar refractivity (Wildman–Crippen MR) is 63.6 cm³/mol. The predicted octanol–water partition coefficient (Wildman–Crippen LogP) is 2.89. The Bertz CT molecular complexity index is 367. The molecule has 0 amide bonds. The molecule has 0 bridgehead atoms. The largest absolute Gasteiger partial charge is 0.481 e. The van der Waals surface area contributed by atoms with Crippen LogP contribution in [-0.2, 0) is 11.2 Å². The molecule has 4 heteroatoms. The summed E-state index contributed by atoms with van der Waals surface area (Å²) >= 11 is 1.69. The molecule has 1 aliphatic rings. The first-order valence-corrected chi connectivity index (χ1v) is 6.67. The van der Waals surface area contributed by atoms with E-state index in [1.807, 2.05) is 6.92 Å². The maximum Gasteiger partial charge on any atom is 0.306 e. The van der Waals surface area contributed by atoms with Crippen molar-refractivity contribution in [1.82, 2.24) is 4.98 Å². The lowest BCUT2D eigenvalue weighted by atomic mass is 9.80. The molecule has 88 valence electrons. The van der Waals surface area contributed by atoms with Crippen LogP contribution in [-0.4, -0.2) is 16.1 Å². The molecular formula is C12H17NO2S. The van der Waals surface area contributed by atoms with Gasteiger partial charge in [-0.2, -0.15) is 0 Å². The van der Waals surface area contributed by atoms with Gasteiger partial charge in [0.1, 0.15) is 0 Å². The van der Waals surface area contributed by atoms with Crippen LogP contribution in [0.3, 0.4) is 0 Å². The van der Waals surface area contributed by atoms with Crippen molar-refractivity contribution in [3.8, 4) is 0 Å². The number of carboxylic acid groups (broad SMARTS) is 1. The van der Waals surface area contributed by atoms with E-state index < -0.39 is 5.97 Å². The molecule has 1 aromatic heterocycles. The highest BCUT2D eigenvalue weighted by atomic mass is 32.1. The molecule has 0 aliphatic heterocycles. The second kappa shape index (κ2) is 4.95. The Kier molecular flexibility index (Phi) is 3.59. The van der Waals surface area contributed by atoms with Crippen LogP contribution in [0.2, 0.25) is 0 Å². The van der Waals surface area contributed by atoms with Gasteiger partial charge in [-0.3, -0.25) is 4.79 Å². The third-order valence-corrected chi connectivity index (χ3v) is 4.18. The molecule has 1 saturated carbocycles. The Morgan fingerprint density at radius 2 is 2.19 bits per heavy atom. The number of aryl methyl sites for hydroxylation is 1. The van der Waals surface area contributed by atoms with Crippen LogP contribution in [0, 0.1) is 18.8 Å². The van der Waals surface area contributed by atoms with Crippen molar-refractivity contribution >= 4 is 17.3 Å². The average Bonchev–Trinajstić information content (AvgIpc) is 2.65. The third-order valence-electron chi connectivity index (χ3n) is 3.36. The molecule has 0 saturated heterocycles. The number of nitrogens with zero attached hydrogens (tertiary/aromatic N) is 1. The molecule has 0 radical (unpaired) electrons. The van der Waals surface area contributed by atoms with Gasteiger partial charge in [0, 0.05) is 5.38 Å². The molecule has 16 heavy (non-hydrogen) atoms. The summed E-state index contributed by atoms with van der Waals surface area (Å²) in [7, 11) is 0. The zero-order chi connectivity index (χ0) is 11.5. The van der Waals surface area contributed by atoms with Crippen LogP contribution < -0.4 is 0 Å². The second-order valence-corrected chi connectivity index (χ2v) is 5.68. The average molecular weight is 239 g/mol. The van der Waals surface area contributed by atoms with E-state index in [0.29, 0.717) is 5.92 Å². The molecule has 2 rings (SSSR count). The molecule has 1 N–H and O–H groups in total. The minimum Gasteiger partial charge on any atom is -0.481 e. The van der Waals surface area contributed by atoms with Gasteiger partial charge in [-0.25, -0.2) is 4.98 Å². The van der Waals surface area contributed by atoms with E-state index in [4.69, 9.17) is 5.11 Å². The first-order chi connectivity index (χ1) is 7.65. The number of carboxylic acids is 1. The van der Waals surface area contributed by atoms with Crippen molar-refractivity contribution in [1.29, 1.82) is 0 Å². The van der Waals surface area contributed by atoms with E-state index >= 15 is 0 Å². The molecule has 0 unspecified atom stereocenters. The van der Waals surface area contributed by atoms with Gasteiger partial charge in [0.05, 0.1) is 16.6 Å². The highest BCUT2D eigenvalue weighted by Gasteiger charge is 2.26. The number of aliphatic carboxylic acids is 1. The zero-order valence-corrected chi connectivity index (χ0v) is 10.3. The van der Waals surface area contributed by atoms with Gasteiger partial charge in [0.2, 0.25) is 0 Å². The van der Waals surface area contributed by atoms with Crippen molar-refractivity contribution < 1.29 is 9.90 Å². The highest BCUT2D eigenvalue weighted by Crippen LogP contribution is 2.31. The number of aromatic nitrogens is 1. The third kappa shape index (κ3) is 2.82. The van der Waals surface area contributed by atoms with Crippen molar-refractivity contribution in [2.75, 3.05) is 0 Å². The molecule has 1 fully saturated rings. The lowest BCUT2D eigenvalue weighted by Crippen LogP contribution is -2.22. The molecule has 0 aromatic carbocycles. The van der Waals surface area contributed by atoms with Gasteiger partial charge >= 0.3 is 5.97 Å². The Morgan fingerprint density at radius 3 is 2.69 bits per heavy atom. The standard InChI is InChI=1S/C12H17NO2S/c1-8-13-11(7-16-8)6-9-2-4-10(5-3-9)12(14)15/h7,9-10H,2-6H2,1H3,(H,14,15). The lowest BCUT2D eigenvalue weighted by Gasteiger charge is -2.25. The molecule has 1 aromatic rings. The van der Waals surface area contributed by atoms with Gasteiger partial charge in [-0.1, -0.05) is 0 Å². The van der Waals surface area contributed by atoms with Gasteiger partial charge in [-0.15, -0.1) is 11.3 Å².